The molecule has 2 aliphatic rings. The molecular formula is C22H36FIN4O. The van der Waals surface area contributed by atoms with Crippen LogP contribution >= 0.6 is 24.0 Å². The van der Waals surface area contributed by atoms with Crippen molar-refractivity contribution in [3.8, 4) is 0 Å². The Kier molecular flexibility index (Phi) is 10.7. The molecule has 1 saturated carbocycles. The quantitative estimate of drug-likeness (QED) is 0.339. The Balaban J connectivity index is 0.00000300. The molecular weight excluding hydrogens is 482 g/mol. The third kappa shape index (κ3) is 7.36. The molecule has 1 aliphatic carbocycles. The van der Waals surface area contributed by atoms with Crippen LogP contribution in [0.5, 0.6) is 0 Å². The molecule has 2 N–H and O–H groups in total. The number of piperidine rings is 1. The van der Waals surface area contributed by atoms with E-state index in [0.717, 1.165) is 30.4 Å². The van der Waals surface area contributed by atoms with Crippen LogP contribution in [0.15, 0.2) is 23.2 Å². The van der Waals surface area contributed by atoms with Crippen LogP contribution in [-0.2, 0) is 17.9 Å². The molecule has 0 radical (unpaired) electrons. The minimum absolute atomic E-state index is 0. The number of rotatable bonds is 6. The molecule has 1 heterocycles. The minimum atomic E-state index is -0.224. The summed E-state index contributed by atoms with van der Waals surface area (Å²) in [6.45, 7) is 3.25. The molecule has 0 amide bonds. The third-order valence-corrected chi connectivity index (χ3v) is 6.06. The molecule has 0 aromatic heterocycles. The van der Waals surface area contributed by atoms with Gasteiger partial charge in [0.15, 0.2) is 5.96 Å². The van der Waals surface area contributed by atoms with Gasteiger partial charge in [0, 0.05) is 51.4 Å². The van der Waals surface area contributed by atoms with Gasteiger partial charge in [-0.1, -0.05) is 25.3 Å². The van der Waals surface area contributed by atoms with E-state index in [9.17, 15) is 4.39 Å². The van der Waals surface area contributed by atoms with Crippen LogP contribution in [0.3, 0.4) is 0 Å². The van der Waals surface area contributed by atoms with E-state index in [4.69, 9.17) is 4.74 Å². The van der Waals surface area contributed by atoms with Crippen molar-refractivity contribution in [2.75, 3.05) is 27.2 Å². The van der Waals surface area contributed by atoms with Gasteiger partial charge in [-0.2, -0.15) is 0 Å². The summed E-state index contributed by atoms with van der Waals surface area (Å²) in [7, 11) is 3.38. The van der Waals surface area contributed by atoms with Crippen molar-refractivity contribution in [3.63, 3.8) is 0 Å². The van der Waals surface area contributed by atoms with Crippen LogP contribution in [-0.4, -0.2) is 50.2 Å². The Labute approximate surface area is 191 Å². The number of guanidine groups is 1. The van der Waals surface area contributed by atoms with Crippen LogP contribution < -0.4 is 10.6 Å². The summed E-state index contributed by atoms with van der Waals surface area (Å²) >= 11 is 0. The number of ether oxygens (including phenoxy) is 1. The van der Waals surface area contributed by atoms with E-state index in [1.165, 1.54) is 51.3 Å². The molecule has 1 aromatic carbocycles. The van der Waals surface area contributed by atoms with Gasteiger partial charge in [-0.25, -0.2) is 4.39 Å². The van der Waals surface area contributed by atoms with Crippen molar-refractivity contribution in [1.29, 1.82) is 0 Å². The fourth-order valence-corrected chi connectivity index (χ4v) is 4.43. The van der Waals surface area contributed by atoms with Gasteiger partial charge in [0.2, 0.25) is 0 Å². The molecule has 0 spiro atoms. The normalized spacial score (nSPS) is 19.6. The van der Waals surface area contributed by atoms with Gasteiger partial charge >= 0.3 is 0 Å². The number of halogens is 2. The molecule has 1 aromatic rings. The maximum absolute atomic E-state index is 13.8. The predicted octanol–water partition coefficient (Wildman–Crippen LogP) is 4.05. The first-order chi connectivity index (χ1) is 13.7. The largest absolute Gasteiger partial charge is 0.380 e. The van der Waals surface area contributed by atoms with Crippen molar-refractivity contribution >= 4 is 29.9 Å². The summed E-state index contributed by atoms with van der Waals surface area (Å²) in [6, 6.07) is 6.43. The van der Waals surface area contributed by atoms with Crippen molar-refractivity contribution in [1.82, 2.24) is 15.5 Å². The average Bonchev–Trinajstić information content (AvgIpc) is 2.74. The van der Waals surface area contributed by atoms with Gasteiger partial charge in [-0.15, -0.1) is 24.0 Å². The zero-order valence-corrected chi connectivity index (χ0v) is 20.1. The van der Waals surface area contributed by atoms with Crippen molar-refractivity contribution < 1.29 is 9.13 Å². The Hall–Kier alpha value is -0.930. The fourth-order valence-electron chi connectivity index (χ4n) is 4.43. The average molecular weight is 518 g/mol. The molecule has 29 heavy (non-hydrogen) atoms. The van der Waals surface area contributed by atoms with E-state index in [1.54, 1.807) is 20.2 Å². The number of nitrogens with one attached hydrogen (secondary N) is 2. The second-order valence-corrected chi connectivity index (χ2v) is 8.03. The van der Waals surface area contributed by atoms with Gasteiger partial charge in [0.05, 0.1) is 6.61 Å². The smallest absolute Gasteiger partial charge is 0.191 e. The SMILES string of the molecule is CN=C(NCc1ccc(F)c(COC)c1)NC1CCN(C2CCCCC2)CC1.I. The summed E-state index contributed by atoms with van der Waals surface area (Å²) in [4.78, 5) is 7.06. The molecule has 0 bridgehead atoms. The fraction of sp³-hybridized carbons (Fsp3) is 0.682. The Bertz CT molecular complexity index is 644. The Morgan fingerprint density at radius 2 is 1.90 bits per heavy atom. The number of benzene rings is 1. The number of nitrogens with zero attached hydrogens (tertiary/aromatic N) is 2. The highest BCUT2D eigenvalue weighted by Gasteiger charge is 2.26. The van der Waals surface area contributed by atoms with Crippen LogP contribution in [0.4, 0.5) is 4.39 Å². The predicted molar refractivity (Wildman–Crippen MR) is 127 cm³/mol. The standard InChI is InChI=1S/C22H35FN4O.HI/c1-24-22(25-15-17-8-9-21(23)18(14-17)16-28-2)26-19-10-12-27(13-11-19)20-6-4-3-5-7-20;/h8-9,14,19-20H,3-7,10-13,15-16H2,1-2H3,(H2,24,25,26);1H. The highest BCUT2D eigenvalue weighted by atomic mass is 127. The van der Waals surface area contributed by atoms with Crippen molar-refractivity contribution in [3.05, 3.63) is 35.1 Å². The maximum atomic E-state index is 13.8. The third-order valence-electron chi connectivity index (χ3n) is 6.06. The van der Waals surface area contributed by atoms with Crippen molar-refractivity contribution in [2.24, 2.45) is 4.99 Å². The second kappa shape index (κ2) is 12.7. The van der Waals surface area contributed by atoms with Crippen LogP contribution in [0.25, 0.3) is 0 Å². The molecule has 3 rings (SSSR count). The zero-order chi connectivity index (χ0) is 19.8. The lowest BCUT2D eigenvalue weighted by atomic mass is 9.92. The summed E-state index contributed by atoms with van der Waals surface area (Å²) in [5.74, 6) is 0.589. The highest BCUT2D eigenvalue weighted by Crippen LogP contribution is 2.25. The monoisotopic (exact) mass is 518 g/mol. The van der Waals surface area contributed by atoms with Crippen LogP contribution in [0.1, 0.15) is 56.1 Å². The highest BCUT2D eigenvalue weighted by molar-refractivity contribution is 14.0. The number of hydrogen-bond acceptors (Lipinski definition) is 3. The number of hydrogen-bond donors (Lipinski definition) is 2. The molecule has 2 fully saturated rings. The first-order valence-corrected chi connectivity index (χ1v) is 10.7. The van der Waals surface area contributed by atoms with Gasteiger partial charge < -0.3 is 20.3 Å². The van der Waals surface area contributed by atoms with Gasteiger partial charge in [-0.05, 0) is 43.4 Å². The topological polar surface area (TPSA) is 48.9 Å². The first-order valence-electron chi connectivity index (χ1n) is 10.7. The Morgan fingerprint density at radius 3 is 2.55 bits per heavy atom. The lowest BCUT2D eigenvalue weighted by Crippen LogP contribution is -2.50. The summed E-state index contributed by atoms with van der Waals surface area (Å²) in [5.41, 5.74) is 1.60. The number of likely N-dealkylation sites (tertiary alicyclic amines) is 1. The molecule has 5 nitrogen and oxygen atoms in total. The lowest BCUT2D eigenvalue weighted by molar-refractivity contribution is 0.119. The van der Waals surface area contributed by atoms with Crippen LogP contribution in [0.2, 0.25) is 0 Å². The van der Waals surface area contributed by atoms with E-state index in [2.05, 4.69) is 20.5 Å². The molecule has 0 atom stereocenters. The number of methoxy groups -OCH3 is 1. The van der Waals surface area contributed by atoms with Gasteiger partial charge in [-0.3, -0.25) is 4.99 Å². The van der Waals surface area contributed by atoms with E-state index < -0.39 is 0 Å². The summed E-state index contributed by atoms with van der Waals surface area (Å²) in [5, 5.41) is 6.92. The summed E-state index contributed by atoms with van der Waals surface area (Å²) in [6.07, 6.45) is 9.28. The maximum Gasteiger partial charge on any atom is 0.191 e. The molecule has 1 saturated heterocycles. The zero-order valence-electron chi connectivity index (χ0n) is 17.8. The van der Waals surface area contributed by atoms with Gasteiger partial charge in [0.25, 0.3) is 0 Å². The van der Waals surface area contributed by atoms with E-state index >= 15 is 0 Å². The van der Waals surface area contributed by atoms with E-state index in [1.807, 2.05) is 6.07 Å². The second-order valence-electron chi connectivity index (χ2n) is 8.03. The number of aliphatic imine (C=N–C) groups is 1. The first kappa shape index (κ1) is 24.3. The minimum Gasteiger partial charge on any atom is -0.380 e. The lowest BCUT2D eigenvalue weighted by Gasteiger charge is -2.39. The molecule has 164 valence electrons. The van der Waals surface area contributed by atoms with Crippen molar-refractivity contribution in [2.45, 2.75) is 70.2 Å². The van der Waals surface area contributed by atoms with E-state index in [-0.39, 0.29) is 36.4 Å². The molecule has 7 heteroatoms. The Morgan fingerprint density at radius 1 is 1.17 bits per heavy atom. The van der Waals surface area contributed by atoms with Crippen LogP contribution in [0, 0.1) is 5.82 Å². The molecule has 0 unspecified atom stereocenters. The molecule has 1 aliphatic heterocycles. The van der Waals surface area contributed by atoms with E-state index in [0.29, 0.717) is 18.2 Å². The summed E-state index contributed by atoms with van der Waals surface area (Å²) < 4.78 is 18.8. The van der Waals surface area contributed by atoms with Gasteiger partial charge in [0.1, 0.15) is 5.82 Å².